The Balaban J connectivity index is 1.71. The van der Waals surface area contributed by atoms with Crippen LogP contribution in [0.5, 0.6) is 0 Å². The van der Waals surface area contributed by atoms with E-state index in [-0.39, 0.29) is 12.5 Å². The number of hydrogen-bond acceptors (Lipinski definition) is 4. The highest BCUT2D eigenvalue weighted by Crippen LogP contribution is 2.20. The third-order valence-electron chi connectivity index (χ3n) is 4.69. The Bertz CT molecular complexity index is 1230. The molecule has 0 saturated heterocycles. The fourth-order valence-electron chi connectivity index (χ4n) is 3.26. The summed E-state index contributed by atoms with van der Waals surface area (Å²) in [5.74, 6) is -0.300. The van der Waals surface area contributed by atoms with Crippen molar-refractivity contribution in [3.8, 4) is 0 Å². The van der Waals surface area contributed by atoms with Crippen LogP contribution in [0.1, 0.15) is 16.7 Å². The van der Waals surface area contributed by atoms with Crippen LogP contribution in [0.25, 0.3) is 16.6 Å². The molecule has 4 rings (SSSR count). The zero-order valence-corrected chi connectivity index (χ0v) is 15.4. The lowest BCUT2D eigenvalue weighted by Crippen LogP contribution is -2.28. The molecule has 0 spiro atoms. The van der Waals surface area contributed by atoms with E-state index in [9.17, 15) is 9.59 Å². The maximum absolute atomic E-state index is 12.6. The molecule has 0 radical (unpaired) electrons. The third kappa shape index (κ3) is 2.87. The van der Waals surface area contributed by atoms with Crippen molar-refractivity contribution in [2.75, 3.05) is 5.32 Å². The lowest BCUT2D eigenvalue weighted by Gasteiger charge is -2.10. The van der Waals surface area contributed by atoms with Gasteiger partial charge in [-0.1, -0.05) is 30.3 Å². The molecule has 2 aromatic carbocycles. The van der Waals surface area contributed by atoms with E-state index in [4.69, 9.17) is 0 Å². The molecule has 4 aromatic rings. The van der Waals surface area contributed by atoms with Crippen molar-refractivity contribution in [1.82, 2.24) is 19.2 Å². The van der Waals surface area contributed by atoms with Gasteiger partial charge in [0.2, 0.25) is 5.91 Å². The van der Waals surface area contributed by atoms with Crippen LogP contribution in [0.15, 0.2) is 47.5 Å². The molecule has 0 fully saturated rings. The first kappa shape index (κ1) is 17.0. The Morgan fingerprint density at radius 1 is 1.04 bits per heavy atom. The quantitative estimate of drug-likeness (QED) is 0.608. The van der Waals surface area contributed by atoms with Crippen LogP contribution in [0.3, 0.4) is 0 Å². The summed E-state index contributed by atoms with van der Waals surface area (Å²) in [5, 5.41) is 8.04. The van der Waals surface area contributed by atoms with Gasteiger partial charge in [-0.05, 0) is 43.5 Å². The first-order valence-corrected chi connectivity index (χ1v) is 8.65. The number of aromatic nitrogens is 4. The van der Waals surface area contributed by atoms with Crippen molar-refractivity contribution in [1.29, 1.82) is 0 Å². The monoisotopic (exact) mass is 361 g/mol. The largest absolute Gasteiger partial charge is 0.352 e. The number of nitrogens with zero attached hydrogens (tertiary/aromatic N) is 4. The van der Waals surface area contributed by atoms with E-state index in [0.717, 1.165) is 33.3 Å². The van der Waals surface area contributed by atoms with Gasteiger partial charge in [0.1, 0.15) is 12.9 Å². The predicted molar refractivity (Wildman–Crippen MR) is 104 cm³/mol. The molecule has 0 aliphatic rings. The number of carbonyl (C=O) groups is 1. The Hall–Kier alpha value is -3.48. The average Bonchev–Trinajstić information content (AvgIpc) is 2.95. The van der Waals surface area contributed by atoms with Gasteiger partial charge in [-0.15, -0.1) is 5.10 Å². The molecule has 0 aliphatic carbocycles. The number of nitrogens with one attached hydrogen (secondary N) is 1. The lowest BCUT2D eigenvalue weighted by molar-refractivity contribution is -0.117. The second kappa shape index (κ2) is 6.35. The molecule has 1 N–H and O–H groups in total. The van der Waals surface area contributed by atoms with Gasteiger partial charge in [0.25, 0.3) is 0 Å². The molecular formula is C20H19N5O2. The zero-order valence-electron chi connectivity index (χ0n) is 15.4. The minimum Gasteiger partial charge on any atom is -0.324 e. The smallest absolute Gasteiger partial charge is 0.324 e. The Kier molecular flexibility index (Phi) is 3.99. The Morgan fingerprint density at radius 2 is 1.70 bits per heavy atom. The molecule has 136 valence electrons. The maximum atomic E-state index is 12.6. The summed E-state index contributed by atoms with van der Waals surface area (Å²) in [7, 11) is 0. The van der Waals surface area contributed by atoms with Crippen LogP contribution in [0.2, 0.25) is 0 Å². The summed E-state index contributed by atoms with van der Waals surface area (Å²) < 4.78 is 2.54. The minimum atomic E-state index is -0.391. The van der Waals surface area contributed by atoms with Gasteiger partial charge in [-0.3, -0.25) is 4.79 Å². The van der Waals surface area contributed by atoms with Crippen molar-refractivity contribution in [2.24, 2.45) is 0 Å². The second-order valence-electron chi connectivity index (χ2n) is 6.66. The fourth-order valence-corrected chi connectivity index (χ4v) is 3.26. The van der Waals surface area contributed by atoms with E-state index in [1.165, 1.54) is 15.4 Å². The van der Waals surface area contributed by atoms with Gasteiger partial charge in [0, 0.05) is 11.1 Å². The number of hydrogen-bond donors (Lipinski definition) is 1. The minimum absolute atomic E-state index is 0.165. The molecule has 0 bridgehead atoms. The van der Waals surface area contributed by atoms with Crippen molar-refractivity contribution in [3.05, 3.63) is 69.9 Å². The van der Waals surface area contributed by atoms with Crippen LogP contribution < -0.4 is 11.0 Å². The number of amides is 1. The van der Waals surface area contributed by atoms with Crippen molar-refractivity contribution in [2.45, 2.75) is 27.3 Å². The molecule has 0 aliphatic heterocycles. The van der Waals surface area contributed by atoms with Gasteiger partial charge in [-0.2, -0.15) is 0 Å². The molecule has 0 saturated carbocycles. The van der Waals surface area contributed by atoms with Crippen LogP contribution >= 0.6 is 0 Å². The highest BCUT2D eigenvalue weighted by atomic mass is 16.2. The van der Waals surface area contributed by atoms with Gasteiger partial charge in [-0.25, -0.2) is 18.9 Å². The van der Waals surface area contributed by atoms with Gasteiger partial charge >= 0.3 is 5.69 Å². The summed E-state index contributed by atoms with van der Waals surface area (Å²) in [4.78, 5) is 29.5. The van der Waals surface area contributed by atoms with Crippen LogP contribution in [0.4, 0.5) is 5.69 Å². The summed E-state index contributed by atoms with van der Waals surface area (Å²) >= 11 is 0. The molecule has 0 atom stereocenters. The molecule has 1 amide bonds. The first-order chi connectivity index (χ1) is 13.0. The van der Waals surface area contributed by atoms with Gasteiger partial charge in [0.15, 0.2) is 5.65 Å². The summed E-state index contributed by atoms with van der Waals surface area (Å²) in [5.41, 5.74) is 4.60. The van der Waals surface area contributed by atoms with Crippen molar-refractivity contribution in [3.63, 3.8) is 0 Å². The third-order valence-corrected chi connectivity index (χ3v) is 4.69. The van der Waals surface area contributed by atoms with E-state index < -0.39 is 5.69 Å². The van der Waals surface area contributed by atoms with Gasteiger partial charge in [0.05, 0.1) is 5.52 Å². The fraction of sp³-hybridized carbons (Fsp3) is 0.200. The summed E-state index contributed by atoms with van der Waals surface area (Å²) in [6.07, 6.45) is 1.46. The standard InChI is InChI=1S/C20H19N5O2/c1-12-6-4-7-13(2)17(12)22-16(26)10-25-20(27)24-11-21-18-14(3)8-5-9-15(18)19(24)23-25/h4-9,11H,10H2,1-3H3,(H,22,26). The zero-order chi connectivity index (χ0) is 19.1. The lowest BCUT2D eigenvalue weighted by atomic mass is 10.1. The topological polar surface area (TPSA) is 81.3 Å². The number of aryl methyl sites for hydroxylation is 3. The van der Waals surface area contributed by atoms with E-state index in [1.54, 1.807) is 0 Å². The molecule has 2 aromatic heterocycles. The van der Waals surface area contributed by atoms with Crippen LogP contribution in [-0.2, 0) is 11.3 Å². The molecule has 27 heavy (non-hydrogen) atoms. The number of benzene rings is 2. The molecule has 7 heteroatoms. The average molecular weight is 361 g/mol. The highest BCUT2D eigenvalue weighted by Gasteiger charge is 2.15. The second-order valence-corrected chi connectivity index (χ2v) is 6.66. The van der Waals surface area contributed by atoms with Crippen LogP contribution in [-0.4, -0.2) is 25.1 Å². The normalized spacial score (nSPS) is 11.2. The molecule has 0 unspecified atom stereocenters. The van der Waals surface area contributed by atoms with E-state index in [2.05, 4.69) is 15.4 Å². The number of rotatable bonds is 3. The van der Waals surface area contributed by atoms with Crippen molar-refractivity contribution >= 4 is 28.1 Å². The SMILES string of the molecule is Cc1cccc(C)c1NC(=O)Cn1nc2c3cccc(C)c3ncn2c1=O. The molecule has 2 heterocycles. The van der Waals surface area contributed by atoms with Crippen molar-refractivity contribution < 1.29 is 4.79 Å². The van der Waals surface area contributed by atoms with Crippen LogP contribution in [0, 0.1) is 20.8 Å². The predicted octanol–water partition coefficient (Wildman–Crippen LogP) is 2.61. The number of fused-ring (bicyclic) bond motifs is 3. The Morgan fingerprint density at radius 3 is 2.44 bits per heavy atom. The number of anilines is 1. The molecule has 7 nitrogen and oxygen atoms in total. The number of carbonyl (C=O) groups excluding carboxylic acids is 1. The van der Waals surface area contributed by atoms with E-state index in [1.807, 2.05) is 57.2 Å². The maximum Gasteiger partial charge on any atom is 0.352 e. The summed E-state index contributed by atoms with van der Waals surface area (Å²) in [6, 6.07) is 11.5. The summed E-state index contributed by atoms with van der Waals surface area (Å²) in [6.45, 7) is 5.65. The van der Waals surface area contributed by atoms with E-state index >= 15 is 0 Å². The van der Waals surface area contributed by atoms with E-state index in [0.29, 0.717) is 5.65 Å². The number of para-hydroxylation sites is 2. The molecular weight excluding hydrogens is 342 g/mol. The Labute approximate surface area is 155 Å². The highest BCUT2D eigenvalue weighted by molar-refractivity contribution is 5.93. The first-order valence-electron chi connectivity index (χ1n) is 8.65. The van der Waals surface area contributed by atoms with Gasteiger partial charge < -0.3 is 5.32 Å².